The van der Waals surface area contributed by atoms with Gasteiger partial charge in [0.05, 0.1) is 5.41 Å². The molecule has 5 nitrogen and oxygen atoms in total. The predicted molar refractivity (Wildman–Crippen MR) is 80.5 cm³/mol. The van der Waals surface area contributed by atoms with E-state index in [0.29, 0.717) is 25.7 Å². The Hall–Kier alpha value is -1.31. The molecule has 0 saturated carbocycles. The van der Waals surface area contributed by atoms with Gasteiger partial charge < -0.3 is 16.0 Å². The molecule has 0 radical (unpaired) electrons. The van der Waals surface area contributed by atoms with Crippen LogP contribution in [0.2, 0.25) is 0 Å². The minimum atomic E-state index is -4.48. The van der Waals surface area contributed by atoms with Gasteiger partial charge in [0.25, 0.3) is 0 Å². The second-order valence-electron chi connectivity index (χ2n) is 6.11. The van der Waals surface area contributed by atoms with Crippen molar-refractivity contribution in [2.45, 2.75) is 58.2 Å². The lowest BCUT2D eigenvalue weighted by Crippen LogP contribution is -2.52. The molecule has 1 aliphatic rings. The smallest absolute Gasteiger partial charge is 0.353 e. The van der Waals surface area contributed by atoms with Crippen LogP contribution < -0.4 is 11.1 Å². The highest BCUT2D eigenvalue weighted by Gasteiger charge is 2.37. The third kappa shape index (κ3) is 5.37. The average Bonchev–Trinajstić information content (AvgIpc) is 2.48. The van der Waals surface area contributed by atoms with Crippen LogP contribution in [0.15, 0.2) is 0 Å². The van der Waals surface area contributed by atoms with E-state index in [1.165, 1.54) is 4.90 Å². The van der Waals surface area contributed by atoms with Crippen molar-refractivity contribution in [1.82, 2.24) is 10.2 Å². The number of hydrogen-bond donors (Lipinski definition) is 2. The first-order chi connectivity index (χ1) is 10.7. The molecule has 0 aliphatic carbocycles. The summed E-state index contributed by atoms with van der Waals surface area (Å²) in [6.07, 6.45) is -3.71. The highest BCUT2D eigenvalue weighted by atomic mass is 19.4. The summed E-state index contributed by atoms with van der Waals surface area (Å²) < 4.78 is 36.7. The Kier molecular flexibility index (Phi) is 6.85. The van der Waals surface area contributed by atoms with Gasteiger partial charge in [-0.2, -0.15) is 13.2 Å². The Balaban J connectivity index is 2.51. The molecule has 2 amide bonds. The lowest BCUT2D eigenvalue weighted by Gasteiger charge is -2.36. The van der Waals surface area contributed by atoms with E-state index in [9.17, 15) is 22.8 Å². The molecule has 0 aromatic rings. The lowest BCUT2D eigenvalue weighted by molar-refractivity contribution is -0.162. The van der Waals surface area contributed by atoms with Crippen molar-refractivity contribution in [3.8, 4) is 0 Å². The predicted octanol–water partition coefficient (Wildman–Crippen LogP) is 1.81. The number of rotatable bonds is 6. The van der Waals surface area contributed by atoms with Crippen LogP contribution in [0.1, 0.15) is 46.0 Å². The SMILES string of the molecule is CCC(CC)(CN)C(=O)NC1CCN(C(=O)CC(F)(F)F)CC1. The number of halogens is 3. The van der Waals surface area contributed by atoms with Crippen LogP contribution in [0.5, 0.6) is 0 Å². The largest absolute Gasteiger partial charge is 0.397 e. The van der Waals surface area contributed by atoms with Crippen LogP contribution in [0, 0.1) is 5.41 Å². The summed E-state index contributed by atoms with van der Waals surface area (Å²) >= 11 is 0. The Labute approximate surface area is 134 Å². The van der Waals surface area contributed by atoms with Crippen LogP contribution in [0.25, 0.3) is 0 Å². The highest BCUT2D eigenvalue weighted by Crippen LogP contribution is 2.26. The molecule has 0 atom stereocenters. The molecule has 0 bridgehead atoms. The molecule has 0 unspecified atom stereocenters. The van der Waals surface area contributed by atoms with Gasteiger partial charge in [-0.15, -0.1) is 0 Å². The Morgan fingerprint density at radius 2 is 1.70 bits per heavy atom. The van der Waals surface area contributed by atoms with Gasteiger partial charge >= 0.3 is 6.18 Å². The van der Waals surface area contributed by atoms with Gasteiger partial charge in [0, 0.05) is 25.7 Å². The molecular weight excluding hydrogens is 311 g/mol. The Morgan fingerprint density at radius 1 is 1.17 bits per heavy atom. The summed E-state index contributed by atoms with van der Waals surface area (Å²) in [5, 5.41) is 2.94. The van der Waals surface area contributed by atoms with Crippen molar-refractivity contribution >= 4 is 11.8 Å². The molecule has 134 valence electrons. The van der Waals surface area contributed by atoms with Gasteiger partial charge in [-0.25, -0.2) is 0 Å². The number of nitrogens with zero attached hydrogens (tertiary/aromatic N) is 1. The first-order valence-electron chi connectivity index (χ1n) is 8.03. The Morgan fingerprint density at radius 3 is 2.09 bits per heavy atom. The maximum atomic E-state index is 12.4. The normalized spacial score (nSPS) is 17.2. The van der Waals surface area contributed by atoms with Crippen LogP contribution in [-0.4, -0.2) is 48.6 Å². The highest BCUT2D eigenvalue weighted by molar-refractivity contribution is 5.83. The summed E-state index contributed by atoms with van der Waals surface area (Å²) in [4.78, 5) is 25.2. The molecule has 0 aromatic heterocycles. The summed E-state index contributed by atoms with van der Waals surface area (Å²) in [7, 11) is 0. The van der Waals surface area contributed by atoms with Gasteiger partial charge in [-0.05, 0) is 25.7 Å². The van der Waals surface area contributed by atoms with E-state index in [1.807, 2.05) is 13.8 Å². The van der Waals surface area contributed by atoms with Crippen LogP contribution in [-0.2, 0) is 9.59 Å². The maximum Gasteiger partial charge on any atom is 0.397 e. The number of likely N-dealkylation sites (tertiary alicyclic amines) is 1. The quantitative estimate of drug-likeness (QED) is 0.776. The number of carbonyl (C=O) groups is 2. The summed E-state index contributed by atoms with van der Waals surface area (Å²) in [5.41, 5.74) is 5.14. The molecular formula is C15H26F3N3O2. The third-order valence-electron chi connectivity index (χ3n) is 4.76. The van der Waals surface area contributed by atoms with E-state index >= 15 is 0 Å². The van der Waals surface area contributed by atoms with Gasteiger partial charge in [0.2, 0.25) is 11.8 Å². The number of alkyl halides is 3. The van der Waals surface area contributed by atoms with E-state index in [4.69, 9.17) is 5.73 Å². The first kappa shape index (κ1) is 19.7. The van der Waals surface area contributed by atoms with E-state index in [2.05, 4.69) is 5.32 Å². The standard InChI is InChI=1S/C15H26F3N3O2/c1-3-14(4-2,10-19)13(23)20-11-5-7-21(8-6-11)12(22)9-15(16,17)18/h11H,3-10,19H2,1-2H3,(H,20,23). The molecule has 1 saturated heterocycles. The number of nitrogens with one attached hydrogen (secondary N) is 1. The topological polar surface area (TPSA) is 75.4 Å². The fraction of sp³-hybridized carbons (Fsp3) is 0.867. The maximum absolute atomic E-state index is 12.4. The lowest BCUT2D eigenvalue weighted by atomic mass is 9.81. The second kappa shape index (κ2) is 7.99. The van der Waals surface area contributed by atoms with Crippen molar-refractivity contribution in [2.24, 2.45) is 11.1 Å². The van der Waals surface area contributed by atoms with E-state index in [1.54, 1.807) is 0 Å². The van der Waals surface area contributed by atoms with E-state index in [-0.39, 0.29) is 31.6 Å². The number of nitrogens with two attached hydrogens (primary N) is 1. The molecule has 0 spiro atoms. The molecule has 8 heteroatoms. The van der Waals surface area contributed by atoms with Gasteiger partial charge in [-0.3, -0.25) is 9.59 Å². The monoisotopic (exact) mass is 337 g/mol. The van der Waals surface area contributed by atoms with Gasteiger partial charge in [-0.1, -0.05) is 13.8 Å². The zero-order chi connectivity index (χ0) is 17.7. The minimum absolute atomic E-state index is 0.106. The molecule has 1 rings (SSSR count). The first-order valence-corrected chi connectivity index (χ1v) is 8.03. The summed E-state index contributed by atoms with van der Waals surface area (Å²) in [5.74, 6) is -1.01. The van der Waals surface area contributed by atoms with Crippen molar-refractivity contribution < 1.29 is 22.8 Å². The fourth-order valence-corrected chi connectivity index (χ4v) is 2.85. The van der Waals surface area contributed by atoms with Crippen LogP contribution in [0.4, 0.5) is 13.2 Å². The molecule has 1 fully saturated rings. The average molecular weight is 337 g/mol. The molecule has 23 heavy (non-hydrogen) atoms. The zero-order valence-electron chi connectivity index (χ0n) is 13.7. The zero-order valence-corrected chi connectivity index (χ0v) is 13.7. The van der Waals surface area contributed by atoms with Crippen LogP contribution >= 0.6 is 0 Å². The third-order valence-corrected chi connectivity index (χ3v) is 4.76. The Bertz CT molecular complexity index is 406. The van der Waals surface area contributed by atoms with Gasteiger partial charge in [0.15, 0.2) is 0 Å². The van der Waals surface area contributed by atoms with E-state index < -0.39 is 23.9 Å². The van der Waals surface area contributed by atoms with Crippen molar-refractivity contribution in [3.05, 3.63) is 0 Å². The minimum Gasteiger partial charge on any atom is -0.353 e. The molecule has 0 aromatic carbocycles. The van der Waals surface area contributed by atoms with Crippen LogP contribution in [0.3, 0.4) is 0 Å². The van der Waals surface area contributed by atoms with Gasteiger partial charge in [0.1, 0.15) is 6.42 Å². The number of carbonyl (C=O) groups excluding carboxylic acids is 2. The van der Waals surface area contributed by atoms with Crippen molar-refractivity contribution in [3.63, 3.8) is 0 Å². The molecule has 1 heterocycles. The molecule has 3 N–H and O–H groups in total. The molecule has 1 aliphatic heterocycles. The summed E-state index contributed by atoms with van der Waals surface area (Å²) in [6.45, 7) is 4.54. The second-order valence-corrected chi connectivity index (χ2v) is 6.11. The number of hydrogen-bond acceptors (Lipinski definition) is 3. The fourth-order valence-electron chi connectivity index (χ4n) is 2.85. The summed E-state index contributed by atoms with van der Waals surface area (Å²) in [6, 6.07) is -0.124. The number of amides is 2. The number of piperidine rings is 1. The van der Waals surface area contributed by atoms with E-state index in [0.717, 1.165) is 0 Å². The van der Waals surface area contributed by atoms with Crippen molar-refractivity contribution in [2.75, 3.05) is 19.6 Å². The van der Waals surface area contributed by atoms with Crippen molar-refractivity contribution in [1.29, 1.82) is 0 Å².